The molecule has 110 valence electrons. The maximum absolute atomic E-state index is 11.9. The molecule has 2 rings (SSSR count). The van der Waals surface area contributed by atoms with Gasteiger partial charge in [-0.25, -0.2) is 0 Å². The van der Waals surface area contributed by atoms with E-state index in [0.29, 0.717) is 25.3 Å². The second-order valence-electron chi connectivity index (χ2n) is 4.60. The lowest BCUT2D eigenvalue weighted by atomic mass is 10.1. The first-order valence-corrected chi connectivity index (χ1v) is 6.46. The third-order valence-corrected chi connectivity index (χ3v) is 3.42. The second kappa shape index (κ2) is 6.19. The molecule has 2 N–H and O–H groups in total. The quantitative estimate of drug-likeness (QED) is 0.598. The lowest BCUT2D eigenvalue weighted by Crippen LogP contribution is -2.57. The number of nitriles is 1. The van der Waals surface area contributed by atoms with E-state index in [-0.39, 0.29) is 17.2 Å². The van der Waals surface area contributed by atoms with Crippen molar-refractivity contribution >= 4 is 17.3 Å². The first-order chi connectivity index (χ1) is 10.1. The lowest BCUT2D eigenvalue weighted by molar-refractivity contribution is -0.385. The molecule has 21 heavy (non-hydrogen) atoms. The highest BCUT2D eigenvalue weighted by atomic mass is 16.6. The number of nitro benzene ring substituents is 1. The van der Waals surface area contributed by atoms with Gasteiger partial charge in [0.2, 0.25) is 5.91 Å². The van der Waals surface area contributed by atoms with Crippen LogP contribution >= 0.6 is 0 Å². The van der Waals surface area contributed by atoms with Crippen molar-refractivity contribution in [3.63, 3.8) is 0 Å². The van der Waals surface area contributed by atoms with Crippen molar-refractivity contribution in [2.45, 2.75) is 6.04 Å². The summed E-state index contributed by atoms with van der Waals surface area (Å²) in [5.41, 5.74) is 0.329. The summed E-state index contributed by atoms with van der Waals surface area (Å²) in [4.78, 5) is 24.2. The first-order valence-electron chi connectivity index (χ1n) is 6.46. The van der Waals surface area contributed by atoms with Crippen LogP contribution in [0.2, 0.25) is 0 Å². The molecule has 0 aromatic heterocycles. The summed E-state index contributed by atoms with van der Waals surface area (Å²) in [6, 6.07) is 5.76. The number of rotatable bonds is 3. The highest BCUT2D eigenvalue weighted by Gasteiger charge is 2.29. The van der Waals surface area contributed by atoms with Crippen LogP contribution in [0.3, 0.4) is 0 Å². The number of nitro groups is 1. The number of nitrogens with one attached hydrogen (secondary N) is 2. The fourth-order valence-electron chi connectivity index (χ4n) is 2.36. The third kappa shape index (κ3) is 2.93. The number of anilines is 1. The van der Waals surface area contributed by atoms with Crippen LogP contribution < -0.4 is 15.5 Å². The van der Waals surface area contributed by atoms with Crippen LogP contribution in [0.5, 0.6) is 0 Å². The molecular formula is C13H15N5O3. The highest BCUT2D eigenvalue weighted by Crippen LogP contribution is 2.27. The Hall–Kier alpha value is -2.66. The molecule has 1 fully saturated rings. The average molecular weight is 289 g/mol. The van der Waals surface area contributed by atoms with Gasteiger partial charge in [0.25, 0.3) is 5.69 Å². The van der Waals surface area contributed by atoms with Crippen LogP contribution in [0.25, 0.3) is 0 Å². The van der Waals surface area contributed by atoms with E-state index in [1.165, 1.54) is 12.1 Å². The van der Waals surface area contributed by atoms with E-state index >= 15 is 0 Å². The number of amides is 1. The number of hydrogen-bond donors (Lipinski definition) is 2. The minimum absolute atomic E-state index is 0.00961. The molecule has 0 radical (unpaired) electrons. The van der Waals surface area contributed by atoms with Crippen LogP contribution in [0.15, 0.2) is 18.2 Å². The zero-order valence-corrected chi connectivity index (χ0v) is 11.5. The van der Waals surface area contributed by atoms with Crippen molar-refractivity contribution in [3.05, 3.63) is 33.9 Å². The maximum atomic E-state index is 11.9. The van der Waals surface area contributed by atoms with Crippen molar-refractivity contribution in [2.24, 2.45) is 0 Å². The Kier molecular flexibility index (Phi) is 4.35. The molecule has 0 spiro atoms. The molecule has 1 aromatic carbocycles. The molecule has 1 amide bonds. The molecule has 0 saturated carbocycles. The number of carbonyl (C=O) groups excluding carboxylic acids is 1. The third-order valence-electron chi connectivity index (χ3n) is 3.42. The molecule has 1 heterocycles. The molecule has 8 nitrogen and oxygen atoms in total. The average Bonchev–Trinajstić information content (AvgIpc) is 2.53. The standard InChI is InChI=1S/C13H15N5O3/c1-15-13(19)12-8-16-4-5-17(12)10-3-2-9(7-14)11(6-10)18(20)21/h2-3,6,12,16H,4-5,8H2,1H3,(H,15,19). The summed E-state index contributed by atoms with van der Waals surface area (Å²) in [6.45, 7) is 1.70. The smallest absolute Gasteiger partial charge is 0.289 e. The fourth-order valence-corrected chi connectivity index (χ4v) is 2.36. The van der Waals surface area contributed by atoms with Crippen molar-refractivity contribution < 1.29 is 9.72 Å². The summed E-state index contributed by atoms with van der Waals surface area (Å²) in [5, 5.41) is 25.6. The number of carbonyl (C=O) groups is 1. The maximum Gasteiger partial charge on any atom is 0.289 e. The van der Waals surface area contributed by atoms with E-state index in [4.69, 9.17) is 5.26 Å². The number of nitrogens with zero attached hydrogens (tertiary/aromatic N) is 3. The van der Waals surface area contributed by atoms with Crippen LogP contribution in [0, 0.1) is 21.4 Å². The SMILES string of the molecule is CNC(=O)C1CNCCN1c1ccc(C#N)c([N+](=O)[O-])c1. The van der Waals surface area contributed by atoms with E-state index in [2.05, 4.69) is 10.6 Å². The number of benzene rings is 1. The number of hydrogen-bond acceptors (Lipinski definition) is 6. The van der Waals surface area contributed by atoms with Crippen molar-refractivity contribution in [1.29, 1.82) is 5.26 Å². The predicted molar refractivity (Wildman–Crippen MR) is 75.9 cm³/mol. The van der Waals surface area contributed by atoms with E-state index in [1.807, 2.05) is 4.90 Å². The van der Waals surface area contributed by atoms with Gasteiger partial charge in [-0.05, 0) is 12.1 Å². The van der Waals surface area contributed by atoms with Gasteiger partial charge in [0.05, 0.1) is 4.92 Å². The molecule has 1 aliphatic heterocycles. The van der Waals surface area contributed by atoms with E-state index < -0.39 is 11.0 Å². The van der Waals surface area contributed by atoms with Gasteiger partial charge in [-0.1, -0.05) is 0 Å². The second-order valence-corrected chi connectivity index (χ2v) is 4.60. The van der Waals surface area contributed by atoms with E-state index in [0.717, 1.165) is 0 Å². The van der Waals surface area contributed by atoms with Crippen LogP contribution in [-0.2, 0) is 4.79 Å². The minimum atomic E-state index is -0.584. The van der Waals surface area contributed by atoms with Gasteiger partial charge in [0.1, 0.15) is 17.7 Å². The van der Waals surface area contributed by atoms with Gasteiger partial charge in [-0.3, -0.25) is 14.9 Å². The first kappa shape index (κ1) is 14.7. The zero-order valence-electron chi connectivity index (χ0n) is 11.5. The Bertz CT molecular complexity index is 610. The summed E-state index contributed by atoms with van der Waals surface area (Å²) in [6.07, 6.45) is 0. The van der Waals surface area contributed by atoms with Gasteiger partial charge in [-0.2, -0.15) is 5.26 Å². The Morgan fingerprint density at radius 2 is 2.38 bits per heavy atom. The van der Waals surface area contributed by atoms with Gasteiger partial charge >= 0.3 is 0 Å². The molecule has 1 saturated heterocycles. The van der Waals surface area contributed by atoms with Crippen LogP contribution in [-0.4, -0.2) is 43.6 Å². The molecule has 0 bridgehead atoms. The van der Waals surface area contributed by atoms with Crippen molar-refractivity contribution in [1.82, 2.24) is 10.6 Å². The predicted octanol–water partition coefficient (Wildman–Crippen LogP) is -0.00932. The Balaban J connectivity index is 2.39. The van der Waals surface area contributed by atoms with Gasteiger partial charge in [0.15, 0.2) is 0 Å². The van der Waals surface area contributed by atoms with Crippen LogP contribution in [0.1, 0.15) is 5.56 Å². The van der Waals surface area contributed by atoms with Gasteiger partial charge in [-0.15, -0.1) is 0 Å². The molecule has 8 heteroatoms. The Morgan fingerprint density at radius 3 is 3.00 bits per heavy atom. The normalized spacial score (nSPS) is 17.9. The zero-order chi connectivity index (χ0) is 15.4. The summed E-state index contributed by atoms with van der Waals surface area (Å²) in [5.74, 6) is -0.158. The Labute approximate surface area is 121 Å². The lowest BCUT2D eigenvalue weighted by Gasteiger charge is -2.36. The van der Waals surface area contributed by atoms with Gasteiger partial charge in [0, 0.05) is 38.4 Å². The number of likely N-dealkylation sites (N-methyl/N-ethyl adjacent to an activating group) is 1. The molecular weight excluding hydrogens is 274 g/mol. The van der Waals surface area contributed by atoms with Crippen molar-refractivity contribution in [3.8, 4) is 6.07 Å². The summed E-state index contributed by atoms with van der Waals surface area (Å²) < 4.78 is 0. The van der Waals surface area contributed by atoms with Crippen molar-refractivity contribution in [2.75, 3.05) is 31.6 Å². The Morgan fingerprint density at radius 1 is 1.62 bits per heavy atom. The fraction of sp³-hybridized carbons (Fsp3) is 0.385. The highest BCUT2D eigenvalue weighted by molar-refractivity contribution is 5.85. The van der Waals surface area contributed by atoms with Gasteiger partial charge < -0.3 is 15.5 Å². The van der Waals surface area contributed by atoms with E-state index in [9.17, 15) is 14.9 Å². The molecule has 1 atom stereocenters. The topological polar surface area (TPSA) is 111 Å². The largest absolute Gasteiger partial charge is 0.357 e. The molecule has 1 unspecified atom stereocenters. The van der Waals surface area contributed by atoms with Crippen LogP contribution in [0.4, 0.5) is 11.4 Å². The molecule has 1 aliphatic rings. The monoisotopic (exact) mass is 289 g/mol. The molecule has 0 aliphatic carbocycles. The van der Waals surface area contributed by atoms with E-state index in [1.54, 1.807) is 19.2 Å². The summed E-state index contributed by atoms with van der Waals surface area (Å²) >= 11 is 0. The molecule has 1 aromatic rings. The number of piperazine rings is 1. The summed E-state index contributed by atoms with van der Waals surface area (Å²) in [7, 11) is 1.55. The minimum Gasteiger partial charge on any atom is -0.357 e.